The van der Waals surface area contributed by atoms with E-state index >= 15 is 0 Å². The molecule has 0 bridgehead atoms. The number of rotatable bonds is 5. The fraction of sp³-hybridized carbons (Fsp3) is 0.429. The number of benzene rings is 2. The molecule has 1 aliphatic heterocycles. The van der Waals surface area contributed by atoms with E-state index in [9.17, 15) is 4.79 Å². The molecule has 1 aliphatic rings. The van der Waals surface area contributed by atoms with Crippen molar-refractivity contribution in [2.45, 2.75) is 59.0 Å². The van der Waals surface area contributed by atoms with Gasteiger partial charge in [0.1, 0.15) is 17.2 Å². The largest absolute Gasteiger partial charge is 0.456 e. The Morgan fingerprint density at radius 1 is 1.09 bits per heavy atom. The molecule has 0 spiro atoms. The van der Waals surface area contributed by atoms with Gasteiger partial charge in [-0.15, -0.1) is 0 Å². The number of fused-ring (bicyclic) bond motifs is 2. The third-order valence-corrected chi connectivity index (χ3v) is 6.93. The Kier molecular flexibility index (Phi) is 5.83. The van der Waals surface area contributed by atoms with Crippen LogP contribution in [0.1, 0.15) is 52.3 Å². The van der Waals surface area contributed by atoms with Crippen molar-refractivity contribution in [2.75, 3.05) is 13.1 Å². The summed E-state index contributed by atoms with van der Waals surface area (Å²) < 4.78 is 8.00. The van der Waals surface area contributed by atoms with E-state index in [0.29, 0.717) is 17.3 Å². The van der Waals surface area contributed by atoms with Crippen molar-refractivity contribution in [3.63, 3.8) is 0 Å². The minimum absolute atomic E-state index is 0.0586. The van der Waals surface area contributed by atoms with Crippen molar-refractivity contribution in [1.29, 1.82) is 0 Å². The maximum atomic E-state index is 13.8. The number of nitrogens with zero attached hydrogens (tertiary/aromatic N) is 3. The van der Waals surface area contributed by atoms with E-state index in [1.165, 1.54) is 6.42 Å². The molecule has 172 valence electrons. The first-order valence-corrected chi connectivity index (χ1v) is 12.2. The van der Waals surface area contributed by atoms with Gasteiger partial charge in [0, 0.05) is 36.0 Å². The maximum absolute atomic E-state index is 13.8. The number of aromatic nitrogens is 2. The Morgan fingerprint density at radius 2 is 1.91 bits per heavy atom. The van der Waals surface area contributed by atoms with E-state index in [-0.39, 0.29) is 11.5 Å². The van der Waals surface area contributed by atoms with E-state index in [0.717, 1.165) is 59.7 Å². The van der Waals surface area contributed by atoms with Gasteiger partial charge in [-0.3, -0.25) is 9.36 Å². The number of likely N-dealkylation sites (tertiary alicyclic amines) is 1. The highest BCUT2D eigenvalue weighted by Crippen LogP contribution is 2.29. The average molecular weight is 444 g/mol. The standard InChI is InChI=1S/C28H33N3O2/c1-18(2)27-29-24-12-11-22(26-15-21-9-5-6-10-25(21)33-26)14-23(24)28(32)31(27)17-20-8-7-13-30(16-20)19(3)4/h5-6,9-12,14-15,18-20H,7-8,13,16-17H2,1-4H3/t20-/m0/s1. The van der Waals surface area contributed by atoms with Crippen LogP contribution in [-0.4, -0.2) is 33.6 Å². The van der Waals surface area contributed by atoms with Gasteiger partial charge in [-0.05, 0) is 69.5 Å². The van der Waals surface area contributed by atoms with Crippen LogP contribution < -0.4 is 5.56 Å². The highest BCUT2D eigenvalue weighted by Gasteiger charge is 2.24. The minimum Gasteiger partial charge on any atom is -0.456 e. The van der Waals surface area contributed by atoms with E-state index in [1.807, 2.05) is 53.1 Å². The second-order valence-corrected chi connectivity index (χ2v) is 10.0. The summed E-state index contributed by atoms with van der Waals surface area (Å²) in [7, 11) is 0. The molecule has 0 N–H and O–H groups in total. The van der Waals surface area contributed by atoms with Crippen LogP contribution in [0.4, 0.5) is 0 Å². The second kappa shape index (κ2) is 8.79. The second-order valence-electron chi connectivity index (χ2n) is 10.0. The molecule has 1 saturated heterocycles. The highest BCUT2D eigenvalue weighted by molar-refractivity contribution is 5.87. The lowest BCUT2D eigenvalue weighted by molar-refractivity contribution is 0.129. The van der Waals surface area contributed by atoms with Crippen LogP contribution in [0.5, 0.6) is 0 Å². The molecular formula is C28H33N3O2. The molecular weight excluding hydrogens is 410 g/mol. The van der Waals surface area contributed by atoms with Crippen molar-refractivity contribution in [1.82, 2.24) is 14.5 Å². The van der Waals surface area contributed by atoms with Gasteiger partial charge in [-0.1, -0.05) is 32.0 Å². The number of hydrogen-bond acceptors (Lipinski definition) is 4. The van der Waals surface area contributed by atoms with E-state index in [4.69, 9.17) is 9.40 Å². The summed E-state index contributed by atoms with van der Waals surface area (Å²) >= 11 is 0. The molecule has 5 rings (SSSR count). The van der Waals surface area contributed by atoms with Crippen molar-refractivity contribution >= 4 is 21.9 Å². The molecule has 1 atom stereocenters. The number of hydrogen-bond donors (Lipinski definition) is 0. The van der Waals surface area contributed by atoms with E-state index in [1.54, 1.807) is 0 Å². The Hall–Kier alpha value is -2.92. The first-order valence-electron chi connectivity index (χ1n) is 12.2. The number of piperidine rings is 1. The van der Waals surface area contributed by atoms with Gasteiger partial charge in [0.2, 0.25) is 0 Å². The van der Waals surface area contributed by atoms with Crippen molar-refractivity contribution < 1.29 is 4.42 Å². The van der Waals surface area contributed by atoms with Crippen molar-refractivity contribution in [2.24, 2.45) is 5.92 Å². The Balaban J connectivity index is 1.56. The van der Waals surface area contributed by atoms with E-state index < -0.39 is 0 Å². The molecule has 0 saturated carbocycles. The van der Waals surface area contributed by atoms with Crippen LogP contribution in [0.2, 0.25) is 0 Å². The quantitative estimate of drug-likeness (QED) is 0.377. The molecule has 0 aliphatic carbocycles. The Labute approximate surface area is 195 Å². The van der Waals surface area contributed by atoms with Crippen LogP contribution in [0.25, 0.3) is 33.2 Å². The fourth-order valence-electron chi connectivity index (χ4n) is 5.11. The Bertz CT molecular complexity index is 1320. The molecule has 3 heterocycles. The number of furan rings is 1. The third-order valence-electron chi connectivity index (χ3n) is 6.93. The fourth-order valence-corrected chi connectivity index (χ4v) is 5.11. The highest BCUT2D eigenvalue weighted by atomic mass is 16.3. The van der Waals surface area contributed by atoms with Crippen LogP contribution in [-0.2, 0) is 6.54 Å². The van der Waals surface area contributed by atoms with Crippen LogP contribution in [0.15, 0.2) is 57.7 Å². The Morgan fingerprint density at radius 3 is 2.67 bits per heavy atom. The monoisotopic (exact) mass is 443 g/mol. The summed E-state index contributed by atoms with van der Waals surface area (Å²) in [6.45, 7) is 11.7. The topological polar surface area (TPSA) is 51.3 Å². The maximum Gasteiger partial charge on any atom is 0.261 e. The molecule has 2 aromatic carbocycles. The summed E-state index contributed by atoms with van der Waals surface area (Å²) in [5, 5.41) is 1.72. The zero-order chi connectivity index (χ0) is 23.1. The molecule has 5 nitrogen and oxygen atoms in total. The van der Waals surface area contributed by atoms with Crippen LogP contribution in [0, 0.1) is 5.92 Å². The lowest BCUT2D eigenvalue weighted by Crippen LogP contribution is -2.42. The molecule has 1 fully saturated rings. The van der Waals surface area contributed by atoms with Crippen LogP contribution in [0.3, 0.4) is 0 Å². The summed E-state index contributed by atoms with van der Waals surface area (Å²) in [6, 6.07) is 16.5. The lowest BCUT2D eigenvalue weighted by Gasteiger charge is -2.36. The molecule has 4 aromatic rings. The lowest BCUT2D eigenvalue weighted by atomic mass is 9.96. The van der Waals surface area contributed by atoms with E-state index in [2.05, 4.69) is 32.6 Å². The number of para-hydroxylation sites is 1. The van der Waals surface area contributed by atoms with Crippen molar-refractivity contribution in [3.05, 3.63) is 64.7 Å². The zero-order valence-electron chi connectivity index (χ0n) is 20.0. The molecule has 0 amide bonds. The van der Waals surface area contributed by atoms with Crippen molar-refractivity contribution in [3.8, 4) is 11.3 Å². The average Bonchev–Trinajstić information content (AvgIpc) is 3.25. The van der Waals surface area contributed by atoms with Gasteiger partial charge in [-0.2, -0.15) is 0 Å². The SMILES string of the molecule is CC(C)c1nc2ccc(-c3cc4ccccc4o3)cc2c(=O)n1C[C@H]1CCCN(C(C)C)C1. The van der Waals surface area contributed by atoms with Gasteiger partial charge in [-0.25, -0.2) is 4.98 Å². The third kappa shape index (κ3) is 4.22. The van der Waals surface area contributed by atoms with Crippen LogP contribution >= 0.6 is 0 Å². The molecule has 2 aromatic heterocycles. The summed E-state index contributed by atoms with van der Waals surface area (Å²) in [4.78, 5) is 21.3. The van der Waals surface area contributed by atoms with Gasteiger partial charge >= 0.3 is 0 Å². The zero-order valence-corrected chi connectivity index (χ0v) is 20.0. The first kappa shape index (κ1) is 21.9. The predicted octanol–water partition coefficient (Wildman–Crippen LogP) is 6.05. The van der Waals surface area contributed by atoms with Gasteiger partial charge in [0.05, 0.1) is 10.9 Å². The molecule has 0 unspecified atom stereocenters. The van der Waals surface area contributed by atoms with Gasteiger partial charge in [0.15, 0.2) is 0 Å². The predicted molar refractivity (Wildman–Crippen MR) is 135 cm³/mol. The van der Waals surface area contributed by atoms with Gasteiger partial charge in [0.25, 0.3) is 5.56 Å². The molecule has 5 heteroatoms. The summed E-state index contributed by atoms with van der Waals surface area (Å²) in [5.41, 5.74) is 2.57. The molecule has 0 radical (unpaired) electrons. The normalized spacial score (nSPS) is 17.6. The smallest absolute Gasteiger partial charge is 0.261 e. The summed E-state index contributed by atoms with van der Waals surface area (Å²) in [6.07, 6.45) is 2.34. The molecule has 33 heavy (non-hydrogen) atoms. The minimum atomic E-state index is 0.0586. The van der Waals surface area contributed by atoms with Gasteiger partial charge < -0.3 is 9.32 Å². The summed E-state index contributed by atoms with van der Waals surface area (Å²) in [5.74, 6) is 2.30. The first-order chi connectivity index (χ1) is 15.9.